The fraction of sp³-hybridized carbons (Fsp3) is 0.792. The van der Waals surface area contributed by atoms with E-state index in [0.717, 1.165) is 50.2 Å². The van der Waals surface area contributed by atoms with Gasteiger partial charge in [-0.2, -0.15) is 0 Å². The lowest BCUT2D eigenvalue weighted by Crippen LogP contribution is -2.44. The fourth-order valence-electron chi connectivity index (χ4n) is 5.90. The highest BCUT2D eigenvalue weighted by Gasteiger charge is 2.39. The van der Waals surface area contributed by atoms with E-state index in [4.69, 9.17) is 0 Å². The van der Waals surface area contributed by atoms with E-state index >= 15 is 0 Å². The van der Waals surface area contributed by atoms with Crippen LogP contribution in [0.2, 0.25) is 0 Å². The summed E-state index contributed by atoms with van der Waals surface area (Å²) in [5.41, 5.74) is 0. The topological polar surface area (TPSA) is 32.3 Å². The third-order valence-corrected chi connectivity index (χ3v) is 8.81. The van der Waals surface area contributed by atoms with Crippen LogP contribution in [0.15, 0.2) is 12.1 Å². The van der Waals surface area contributed by atoms with Crippen LogP contribution in [0.25, 0.3) is 0 Å². The van der Waals surface area contributed by atoms with Crippen LogP contribution in [0.5, 0.6) is 0 Å². The minimum Gasteiger partial charge on any atom is -0.348 e. The van der Waals surface area contributed by atoms with Crippen molar-refractivity contribution in [3.05, 3.63) is 21.9 Å². The molecule has 1 N–H and O–H groups in total. The maximum absolute atomic E-state index is 13.0. The third-order valence-electron chi connectivity index (χ3n) is 7.46. The molecule has 1 aliphatic carbocycles. The predicted octanol–water partition coefficient (Wildman–Crippen LogP) is 5.70. The molecule has 0 aromatic carbocycles. The van der Waals surface area contributed by atoms with Gasteiger partial charge in [0.25, 0.3) is 0 Å². The molecule has 1 amide bonds. The van der Waals surface area contributed by atoms with Crippen LogP contribution in [-0.2, 0) is 11.2 Å². The number of hydrogen-bond donors (Lipinski definition) is 1. The molecule has 4 heteroatoms. The van der Waals surface area contributed by atoms with Crippen LogP contribution < -0.4 is 5.32 Å². The Kier molecular flexibility index (Phi) is 6.78. The number of thiophene rings is 1. The van der Waals surface area contributed by atoms with Crippen LogP contribution in [0, 0.1) is 11.8 Å². The molecule has 2 saturated heterocycles. The van der Waals surface area contributed by atoms with Gasteiger partial charge in [0.05, 0.1) is 6.04 Å². The zero-order chi connectivity index (χ0) is 19.5. The Morgan fingerprint density at radius 1 is 1.14 bits per heavy atom. The quantitative estimate of drug-likeness (QED) is 0.634. The Balaban J connectivity index is 1.41. The normalized spacial score (nSPS) is 29.7. The van der Waals surface area contributed by atoms with Gasteiger partial charge in [-0.25, -0.2) is 0 Å². The second-order valence-electron chi connectivity index (χ2n) is 9.54. The van der Waals surface area contributed by atoms with Gasteiger partial charge >= 0.3 is 0 Å². The number of piperidine rings is 1. The molecule has 2 aliphatic heterocycles. The third kappa shape index (κ3) is 4.64. The maximum Gasteiger partial charge on any atom is 0.223 e. The van der Waals surface area contributed by atoms with E-state index in [-0.39, 0.29) is 12.0 Å². The van der Waals surface area contributed by atoms with E-state index < -0.39 is 0 Å². The van der Waals surface area contributed by atoms with Crippen molar-refractivity contribution in [2.75, 3.05) is 6.54 Å². The van der Waals surface area contributed by atoms with Gasteiger partial charge in [0.1, 0.15) is 0 Å². The second kappa shape index (κ2) is 9.30. The summed E-state index contributed by atoms with van der Waals surface area (Å²) in [6.45, 7) is 5.78. The van der Waals surface area contributed by atoms with Gasteiger partial charge in [-0.1, -0.05) is 33.1 Å². The molecule has 3 nitrogen and oxygen atoms in total. The SMILES string of the molecule is CCc1ccc([C@H](CCN2C3CCC2CC(C)C3)NC(=O)C2CCCCC2)s1. The molecule has 1 aromatic heterocycles. The first-order valence-electron chi connectivity index (χ1n) is 11.8. The lowest BCUT2D eigenvalue weighted by molar-refractivity contribution is -0.126. The first kappa shape index (κ1) is 20.4. The van der Waals surface area contributed by atoms with Crippen molar-refractivity contribution >= 4 is 17.2 Å². The lowest BCUT2D eigenvalue weighted by Gasteiger charge is -2.38. The molecule has 1 aromatic rings. The van der Waals surface area contributed by atoms with Gasteiger partial charge in [0, 0.05) is 34.3 Å². The number of carbonyl (C=O) groups excluding carboxylic acids is 1. The first-order valence-corrected chi connectivity index (χ1v) is 12.6. The maximum atomic E-state index is 13.0. The van der Waals surface area contributed by atoms with Crippen molar-refractivity contribution in [2.24, 2.45) is 11.8 Å². The van der Waals surface area contributed by atoms with E-state index in [1.54, 1.807) is 0 Å². The average molecular weight is 403 g/mol. The van der Waals surface area contributed by atoms with E-state index in [1.165, 1.54) is 54.7 Å². The summed E-state index contributed by atoms with van der Waals surface area (Å²) in [6, 6.07) is 6.29. The zero-order valence-corrected chi connectivity index (χ0v) is 18.6. The minimum atomic E-state index is 0.193. The number of nitrogens with zero attached hydrogens (tertiary/aromatic N) is 1. The van der Waals surface area contributed by atoms with Crippen LogP contribution in [0.3, 0.4) is 0 Å². The number of fused-ring (bicyclic) bond motifs is 2. The number of hydrogen-bond acceptors (Lipinski definition) is 3. The fourth-order valence-corrected chi connectivity index (χ4v) is 6.94. The molecule has 2 bridgehead atoms. The average Bonchev–Trinajstić information content (AvgIpc) is 3.28. The second-order valence-corrected chi connectivity index (χ2v) is 10.7. The molecule has 2 unspecified atom stereocenters. The largest absolute Gasteiger partial charge is 0.348 e. The number of carbonyl (C=O) groups is 1. The van der Waals surface area contributed by atoms with Crippen molar-refractivity contribution < 1.29 is 4.79 Å². The molecule has 4 rings (SSSR count). The zero-order valence-electron chi connectivity index (χ0n) is 17.8. The monoisotopic (exact) mass is 402 g/mol. The lowest BCUT2D eigenvalue weighted by atomic mass is 9.88. The minimum absolute atomic E-state index is 0.193. The van der Waals surface area contributed by atoms with Crippen LogP contribution in [0.4, 0.5) is 0 Å². The number of amides is 1. The molecule has 3 heterocycles. The van der Waals surface area contributed by atoms with E-state index in [9.17, 15) is 4.79 Å². The molecule has 3 aliphatic rings. The smallest absolute Gasteiger partial charge is 0.223 e. The number of rotatable bonds is 7. The van der Waals surface area contributed by atoms with Gasteiger partial charge < -0.3 is 5.32 Å². The summed E-state index contributed by atoms with van der Waals surface area (Å²) in [4.78, 5) is 18.5. The summed E-state index contributed by atoms with van der Waals surface area (Å²) in [5, 5.41) is 3.48. The van der Waals surface area contributed by atoms with Crippen molar-refractivity contribution in [3.8, 4) is 0 Å². The van der Waals surface area contributed by atoms with Crippen molar-refractivity contribution in [2.45, 2.75) is 103 Å². The Hall–Kier alpha value is -0.870. The van der Waals surface area contributed by atoms with Gasteiger partial charge in [-0.05, 0) is 69.4 Å². The van der Waals surface area contributed by atoms with E-state index in [2.05, 4.69) is 36.2 Å². The van der Waals surface area contributed by atoms with Crippen molar-refractivity contribution in [1.29, 1.82) is 0 Å². The molecular weight excluding hydrogens is 364 g/mol. The predicted molar refractivity (Wildman–Crippen MR) is 118 cm³/mol. The highest BCUT2D eigenvalue weighted by atomic mass is 32.1. The molecule has 3 fully saturated rings. The Labute approximate surface area is 175 Å². The van der Waals surface area contributed by atoms with Crippen LogP contribution in [-0.4, -0.2) is 29.4 Å². The molecule has 0 spiro atoms. The number of aryl methyl sites for hydroxylation is 1. The highest BCUT2D eigenvalue weighted by molar-refractivity contribution is 7.12. The number of nitrogens with one attached hydrogen (secondary N) is 1. The summed E-state index contributed by atoms with van der Waals surface area (Å²) >= 11 is 1.90. The Morgan fingerprint density at radius 3 is 2.50 bits per heavy atom. The van der Waals surface area contributed by atoms with Crippen molar-refractivity contribution in [3.63, 3.8) is 0 Å². The Morgan fingerprint density at radius 2 is 1.86 bits per heavy atom. The molecular formula is C24H38N2OS. The van der Waals surface area contributed by atoms with E-state index in [0.29, 0.717) is 5.91 Å². The van der Waals surface area contributed by atoms with E-state index in [1.807, 2.05) is 11.3 Å². The van der Waals surface area contributed by atoms with Crippen molar-refractivity contribution in [1.82, 2.24) is 10.2 Å². The van der Waals surface area contributed by atoms with Gasteiger partial charge in [0.2, 0.25) is 5.91 Å². The highest BCUT2D eigenvalue weighted by Crippen LogP contribution is 2.39. The summed E-state index contributed by atoms with van der Waals surface area (Å²) < 4.78 is 0. The van der Waals surface area contributed by atoms with Gasteiger partial charge in [0.15, 0.2) is 0 Å². The first-order chi connectivity index (χ1) is 13.6. The Bertz CT molecular complexity index is 637. The molecule has 156 valence electrons. The molecule has 3 atom stereocenters. The van der Waals surface area contributed by atoms with Gasteiger partial charge in [-0.15, -0.1) is 11.3 Å². The molecule has 0 radical (unpaired) electrons. The summed E-state index contributed by atoms with van der Waals surface area (Å²) in [6.07, 6.45) is 13.5. The molecule has 1 saturated carbocycles. The summed E-state index contributed by atoms with van der Waals surface area (Å²) in [7, 11) is 0. The van der Waals surface area contributed by atoms with Gasteiger partial charge in [-0.3, -0.25) is 9.69 Å². The van der Waals surface area contributed by atoms with Crippen LogP contribution >= 0.6 is 11.3 Å². The standard InChI is InChI=1S/C24H38N2OS/c1-3-21-11-12-23(28-21)22(25-24(27)18-7-5-4-6-8-18)13-14-26-19-9-10-20(26)16-17(2)15-19/h11-12,17-20,22H,3-10,13-16H2,1-2H3,(H,25,27)/t17?,19?,20?,22-/m0/s1. The van der Waals surface area contributed by atoms with Crippen LogP contribution in [0.1, 0.15) is 93.9 Å². The summed E-state index contributed by atoms with van der Waals surface area (Å²) in [5.74, 6) is 1.44. The molecule has 28 heavy (non-hydrogen) atoms.